The minimum Gasteiger partial charge on any atom is -0.481 e. The van der Waals surface area contributed by atoms with E-state index >= 15 is 0 Å². The molecule has 1 aromatic rings. The third-order valence-electron chi connectivity index (χ3n) is 4.16. The molecular weight excluding hydrogens is 214 g/mol. The van der Waals surface area contributed by atoms with Gasteiger partial charge >= 0.3 is 5.97 Å². The lowest BCUT2D eigenvalue weighted by molar-refractivity contribution is -0.140. The summed E-state index contributed by atoms with van der Waals surface area (Å²) >= 11 is 0. The molecule has 0 bridgehead atoms. The standard InChI is InChI=1S/C14H17NO2/c1-2-15-8-5-10-9-11(3-4-12(10)15)14(6-7-14)13(16)17/h3-4,9H,2,5-8H2,1H3,(H,16,17). The van der Waals surface area contributed by atoms with Crippen molar-refractivity contribution in [3.8, 4) is 0 Å². The predicted octanol–water partition coefficient (Wildman–Crippen LogP) is 2.19. The van der Waals surface area contributed by atoms with Crippen LogP contribution in [0.15, 0.2) is 18.2 Å². The molecule has 0 radical (unpaired) electrons. The van der Waals surface area contributed by atoms with Gasteiger partial charge in [-0.1, -0.05) is 12.1 Å². The fourth-order valence-electron chi connectivity index (χ4n) is 2.85. The maximum Gasteiger partial charge on any atom is 0.314 e. The Labute approximate surface area is 101 Å². The quantitative estimate of drug-likeness (QED) is 0.866. The van der Waals surface area contributed by atoms with Crippen molar-refractivity contribution in [2.24, 2.45) is 0 Å². The summed E-state index contributed by atoms with van der Waals surface area (Å²) in [6, 6.07) is 6.23. The Kier molecular flexibility index (Phi) is 2.18. The highest BCUT2D eigenvalue weighted by molar-refractivity contribution is 5.85. The van der Waals surface area contributed by atoms with Crippen molar-refractivity contribution < 1.29 is 9.90 Å². The highest BCUT2D eigenvalue weighted by atomic mass is 16.4. The first kappa shape index (κ1) is 10.6. The third-order valence-corrected chi connectivity index (χ3v) is 4.16. The fraction of sp³-hybridized carbons (Fsp3) is 0.500. The molecule has 0 spiro atoms. The summed E-state index contributed by atoms with van der Waals surface area (Å²) in [4.78, 5) is 13.6. The molecule has 3 nitrogen and oxygen atoms in total. The van der Waals surface area contributed by atoms with Crippen LogP contribution in [0.1, 0.15) is 30.9 Å². The minimum atomic E-state index is -0.664. The fourth-order valence-corrected chi connectivity index (χ4v) is 2.85. The van der Waals surface area contributed by atoms with Gasteiger partial charge in [-0.2, -0.15) is 0 Å². The summed E-state index contributed by atoms with van der Waals surface area (Å²) in [5.41, 5.74) is 3.05. The van der Waals surface area contributed by atoms with Crippen LogP contribution in [0.2, 0.25) is 0 Å². The molecule has 1 heterocycles. The summed E-state index contributed by atoms with van der Waals surface area (Å²) < 4.78 is 0. The molecule has 1 aromatic carbocycles. The molecule has 3 rings (SSSR count). The Balaban J connectivity index is 1.98. The molecule has 0 saturated heterocycles. The van der Waals surface area contributed by atoms with E-state index in [9.17, 15) is 9.90 Å². The van der Waals surface area contributed by atoms with Crippen molar-refractivity contribution in [3.05, 3.63) is 29.3 Å². The molecule has 0 amide bonds. The summed E-state index contributed by atoms with van der Waals surface area (Å²) in [5, 5.41) is 9.29. The van der Waals surface area contributed by atoms with Gasteiger partial charge in [-0.15, -0.1) is 0 Å². The number of carboxylic acid groups (broad SMARTS) is 1. The minimum absolute atomic E-state index is 0.561. The van der Waals surface area contributed by atoms with Crippen LogP contribution in [-0.2, 0) is 16.6 Å². The molecule has 90 valence electrons. The number of hydrogen-bond acceptors (Lipinski definition) is 2. The summed E-state index contributed by atoms with van der Waals surface area (Å²) in [5.74, 6) is -0.664. The lowest BCUT2D eigenvalue weighted by atomic mass is 9.94. The molecule has 0 unspecified atom stereocenters. The zero-order chi connectivity index (χ0) is 12.0. The van der Waals surface area contributed by atoms with E-state index in [0.717, 1.165) is 37.9 Å². The van der Waals surface area contributed by atoms with Gasteiger partial charge in [-0.05, 0) is 43.4 Å². The first-order valence-electron chi connectivity index (χ1n) is 6.29. The highest BCUT2D eigenvalue weighted by Gasteiger charge is 2.51. The van der Waals surface area contributed by atoms with Crippen LogP contribution >= 0.6 is 0 Å². The first-order valence-corrected chi connectivity index (χ1v) is 6.29. The van der Waals surface area contributed by atoms with Crippen LogP contribution in [0.3, 0.4) is 0 Å². The van der Waals surface area contributed by atoms with E-state index in [0.29, 0.717) is 0 Å². The van der Waals surface area contributed by atoms with E-state index in [2.05, 4.69) is 24.0 Å². The Hall–Kier alpha value is -1.51. The summed E-state index contributed by atoms with van der Waals surface area (Å²) in [6.07, 6.45) is 2.63. The van der Waals surface area contributed by atoms with Gasteiger partial charge in [-0.3, -0.25) is 4.79 Å². The van der Waals surface area contributed by atoms with Gasteiger partial charge in [0.15, 0.2) is 0 Å². The molecule has 2 aliphatic rings. The number of nitrogens with zero attached hydrogens (tertiary/aromatic N) is 1. The number of aliphatic carboxylic acids is 1. The Bertz CT molecular complexity index is 477. The number of carboxylic acids is 1. The molecular formula is C14H17NO2. The smallest absolute Gasteiger partial charge is 0.314 e. The second-order valence-electron chi connectivity index (χ2n) is 5.06. The number of rotatable bonds is 3. The van der Waals surface area contributed by atoms with Crippen molar-refractivity contribution in [2.45, 2.75) is 31.6 Å². The summed E-state index contributed by atoms with van der Waals surface area (Å²) in [6.45, 7) is 4.24. The Morgan fingerprint density at radius 3 is 2.82 bits per heavy atom. The van der Waals surface area contributed by atoms with Crippen molar-refractivity contribution >= 4 is 11.7 Å². The van der Waals surface area contributed by atoms with Gasteiger partial charge in [0.2, 0.25) is 0 Å². The van der Waals surface area contributed by atoms with E-state index in [4.69, 9.17) is 0 Å². The molecule has 3 heteroatoms. The van der Waals surface area contributed by atoms with E-state index in [1.54, 1.807) is 0 Å². The van der Waals surface area contributed by atoms with Gasteiger partial charge in [0.05, 0.1) is 5.41 Å². The number of anilines is 1. The second kappa shape index (κ2) is 3.49. The zero-order valence-corrected chi connectivity index (χ0v) is 10.1. The molecule has 0 atom stereocenters. The van der Waals surface area contributed by atoms with E-state index in [1.807, 2.05) is 6.07 Å². The van der Waals surface area contributed by atoms with Crippen LogP contribution in [0.25, 0.3) is 0 Å². The van der Waals surface area contributed by atoms with Crippen LogP contribution in [-0.4, -0.2) is 24.2 Å². The molecule has 1 aliphatic carbocycles. The maximum atomic E-state index is 11.3. The topological polar surface area (TPSA) is 40.5 Å². The van der Waals surface area contributed by atoms with E-state index in [-0.39, 0.29) is 0 Å². The van der Waals surface area contributed by atoms with Gasteiger partial charge in [0, 0.05) is 18.8 Å². The van der Waals surface area contributed by atoms with Crippen molar-refractivity contribution in [2.75, 3.05) is 18.0 Å². The van der Waals surface area contributed by atoms with Gasteiger partial charge in [0.25, 0.3) is 0 Å². The highest BCUT2D eigenvalue weighted by Crippen LogP contribution is 2.49. The van der Waals surface area contributed by atoms with Gasteiger partial charge < -0.3 is 10.0 Å². The molecule has 0 aromatic heterocycles. The SMILES string of the molecule is CCN1CCc2cc(C3(C(=O)O)CC3)ccc21. The largest absolute Gasteiger partial charge is 0.481 e. The molecule has 17 heavy (non-hydrogen) atoms. The zero-order valence-electron chi connectivity index (χ0n) is 10.1. The number of fused-ring (bicyclic) bond motifs is 1. The van der Waals surface area contributed by atoms with Gasteiger partial charge in [-0.25, -0.2) is 0 Å². The second-order valence-corrected chi connectivity index (χ2v) is 5.06. The first-order chi connectivity index (χ1) is 8.17. The Morgan fingerprint density at radius 1 is 1.47 bits per heavy atom. The van der Waals surface area contributed by atoms with Crippen molar-refractivity contribution in [1.29, 1.82) is 0 Å². The van der Waals surface area contributed by atoms with Gasteiger partial charge in [0.1, 0.15) is 0 Å². The number of carbonyl (C=O) groups is 1. The molecule has 1 N–H and O–H groups in total. The van der Waals surface area contributed by atoms with Crippen LogP contribution in [0, 0.1) is 0 Å². The lowest BCUT2D eigenvalue weighted by Gasteiger charge is -2.17. The molecule has 1 saturated carbocycles. The molecule has 1 aliphatic heterocycles. The third kappa shape index (κ3) is 1.45. The van der Waals surface area contributed by atoms with E-state index < -0.39 is 11.4 Å². The number of likely N-dealkylation sites (N-methyl/N-ethyl adjacent to an activating group) is 1. The predicted molar refractivity (Wildman–Crippen MR) is 66.6 cm³/mol. The normalized spacial score (nSPS) is 20.2. The lowest BCUT2D eigenvalue weighted by Crippen LogP contribution is -2.20. The molecule has 1 fully saturated rings. The number of benzene rings is 1. The van der Waals surface area contributed by atoms with Crippen molar-refractivity contribution in [1.82, 2.24) is 0 Å². The van der Waals surface area contributed by atoms with Crippen LogP contribution in [0.4, 0.5) is 5.69 Å². The summed E-state index contributed by atoms with van der Waals surface area (Å²) in [7, 11) is 0. The Morgan fingerprint density at radius 2 is 2.24 bits per heavy atom. The van der Waals surface area contributed by atoms with Crippen LogP contribution < -0.4 is 4.90 Å². The average molecular weight is 231 g/mol. The van der Waals surface area contributed by atoms with Crippen LogP contribution in [0.5, 0.6) is 0 Å². The van der Waals surface area contributed by atoms with Crippen molar-refractivity contribution in [3.63, 3.8) is 0 Å². The van der Waals surface area contributed by atoms with E-state index in [1.165, 1.54) is 11.3 Å². The number of hydrogen-bond donors (Lipinski definition) is 1. The monoisotopic (exact) mass is 231 g/mol. The maximum absolute atomic E-state index is 11.3. The average Bonchev–Trinajstić information content (AvgIpc) is 3.04.